The Morgan fingerprint density at radius 2 is 1.79 bits per heavy atom. The van der Waals surface area contributed by atoms with Crippen molar-refractivity contribution in [2.24, 2.45) is 0 Å². The van der Waals surface area contributed by atoms with E-state index in [0.29, 0.717) is 17.5 Å². The van der Waals surface area contributed by atoms with Crippen LogP contribution in [0.25, 0.3) is 22.5 Å². The molecule has 0 aliphatic rings. The van der Waals surface area contributed by atoms with Crippen molar-refractivity contribution in [3.63, 3.8) is 0 Å². The molecule has 0 unspecified atom stereocenters. The van der Waals surface area contributed by atoms with Crippen molar-refractivity contribution in [2.45, 2.75) is 44.3 Å². The Hall–Kier alpha value is -3.00. The van der Waals surface area contributed by atoms with Gasteiger partial charge in [-0.25, -0.2) is 14.8 Å². The van der Waals surface area contributed by atoms with Gasteiger partial charge in [0.1, 0.15) is 5.82 Å². The van der Waals surface area contributed by atoms with Gasteiger partial charge in [-0.3, -0.25) is 0 Å². The van der Waals surface area contributed by atoms with Crippen molar-refractivity contribution in [1.29, 1.82) is 0 Å². The highest BCUT2D eigenvalue weighted by Gasteiger charge is 2.11. The van der Waals surface area contributed by atoms with Crippen LogP contribution in [0.5, 0.6) is 0 Å². The Morgan fingerprint density at radius 1 is 1.00 bits per heavy atom. The predicted octanol–water partition coefficient (Wildman–Crippen LogP) is 4.19. The van der Waals surface area contributed by atoms with Crippen LogP contribution in [0.1, 0.15) is 37.6 Å². The van der Waals surface area contributed by atoms with Gasteiger partial charge in [0.15, 0.2) is 5.82 Å². The van der Waals surface area contributed by atoms with Crippen molar-refractivity contribution in [2.75, 3.05) is 0 Å². The van der Waals surface area contributed by atoms with Crippen molar-refractivity contribution in [3.05, 3.63) is 59.9 Å². The van der Waals surface area contributed by atoms with E-state index in [1.807, 2.05) is 22.9 Å². The molecule has 0 bridgehead atoms. The maximum Gasteiger partial charge on any atom is 0.205 e. The molecule has 0 aliphatic carbocycles. The lowest BCUT2D eigenvalue weighted by molar-refractivity contribution is 0.602. The third-order valence-corrected chi connectivity index (χ3v) is 5.06. The van der Waals surface area contributed by atoms with E-state index in [9.17, 15) is 0 Å². The third kappa shape index (κ3) is 4.54. The van der Waals surface area contributed by atoms with Gasteiger partial charge in [-0.15, -0.1) is 22.8 Å². The Kier molecular flexibility index (Phi) is 6.00. The summed E-state index contributed by atoms with van der Waals surface area (Å²) in [5.41, 5.74) is 4.33. The minimum absolute atomic E-state index is 0.530. The molecule has 7 nitrogen and oxygen atoms in total. The van der Waals surface area contributed by atoms with Crippen LogP contribution in [0.4, 0.5) is 0 Å². The van der Waals surface area contributed by atoms with Crippen LogP contribution >= 0.6 is 12.6 Å². The first kappa shape index (κ1) is 19.3. The SMILES string of the molecule is CCCCCc1nc(S)nn1Cc1ccc(-c2ccccc2-c2nnn[nH]2)cc1. The molecule has 0 amide bonds. The molecular weight excluding hydrogens is 382 g/mol. The van der Waals surface area contributed by atoms with Crippen LogP contribution in [0.15, 0.2) is 53.7 Å². The number of thiol groups is 1. The van der Waals surface area contributed by atoms with Crippen molar-refractivity contribution < 1.29 is 0 Å². The highest BCUT2D eigenvalue weighted by molar-refractivity contribution is 7.80. The van der Waals surface area contributed by atoms with E-state index in [4.69, 9.17) is 0 Å². The largest absolute Gasteiger partial charge is 0.245 e. The lowest BCUT2D eigenvalue weighted by Gasteiger charge is -2.09. The highest BCUT2D eigenvalue weighted by atomic mass is 32.1. The zero-order chi connectivity index (χ0) is 20.1. The van der Waals surface area contributed by atoms with Gasteiger partial charge < -0.3 is 0 Å². The number of benzene rings is 2. The van der Waals surface area contributed by atoms with Crippen LogP contribution < -0.4 is 0 Å². The number of tetrazole rings is 1. The van der Waals surface area contributed by atoms with E-state index < -0.39 is 0 Å². The summed E-state index contributed by atoms with van der Waals surface area (Å²) >= 11 is 4.33. The first-order valence-corrected chi connectivity index (χ1v) is 10.2. The molecule has 0 fully saturated rings. The second kappa shape index (κ2) is 9.00. The van der Waals surface area contributed by atoms with Crippen LogP contribution in [-0.2, 0) is 13.0 Å². The van der Waals surface area contributed by atoms with Crippen LogP contribution in [-0.4, -0.2) is 35.4 Å². The summed E-state index contributed by atoms with van der Waals surface area (Å²) in [6.45, 7) is 2.89. The average molecular weight is 406 g/mol. The van der Waals surface area contributed by atoms with Gasteiger partial charge in [0.2, 0.25) is 5.16 Å². The van der Waals surface area contributed by atoms with Gasteiger partial charge in [-0.1, -0.05) is 68.3 Å². The Labute approximate surface area is 175 Å². The summed E-state index contributed by atoms with van der Waals surface area (Å²) in [5.74, 6) is 1.65. The summed E-state index contributed by atoms with van der Waals surface area (Å²) in [5, 5.41) is 19.2. The topological polar surface area (TPSA) is 85.2 Å². The first-order valence-electron chi connectivity index (χ1n) is 9.79. The van der Waals surface area contributed by atoms with Gasteiger partial charge in [0, 0.05) is 12.0 Å². The summed E-state index contributed by atoms with van der Waals surface area (Å²) in [6, 6.07) is 16.6. The second-order valence-electron chi connectivity index (χ2n) is 6.94. The van der Waals surface area contributed by atoms with Crippen LogP contribution in [0, 0.1) is 0 Å². The van der Waals surface area contributed by atoms with Crippen molar-refractivity contribution in [3.8, 4) is 22.5 Å². The molecule has 0 radical (unpaired) electrons. The van der Waals surface area contributed by atoms with Crippen LogP contribution in [0.3, 0.4) is 0 Å². The number of aromatic amines is 1. The summed E-state index contributed by atoms with van der Waals surface area (Å²) < 4.78 is 1.96. The summed E-state index contributed by atoms with van der Waals surface area (Å²) in [4.78, 5) is 4.48. The number of hydrogen-bond acceptors (Lipinski definition) is 6. The maximum absolute atomic E-state index is 4.48. The van der Waals surface area contributed by atoms with E-state index in [-0.39, 0.29) is 0 Å². The number of nitrogens with one attached hydrogen (secondary N) is 1. The van der Waals surface area contributed by atoms with Crippen molar-refractivity contribution >= 4 is 12.6 Å². The number of hydrogen-bond donors (Lipinski definition) is 2. The van der Waals surface area contributed by atoms with Gasteiger partial charge in [0.05, 0.1) is 6.54 Å². The quantitative estimate of drug-likeness (QED) is 0.339. The number of rotatable bonds is 8. The Balaban J connectivity index is 1.54. The Morgan fingerprint density at radius 3 is 2.52 bits per heavy atom. The highest BCUT2D eigenvalue weighted by Crippen LogP contribution is 2.29. The normalized spacial score (nSPS) is 11.1. The molecule has 148 valence electrons. The lowest BCUT2D eigenvalue weighted by Crippen LogP contribution is -2.07. The number of H-pyrrole nitrogens is 1. The standard InChI is InChI=1S/C21H23N7S/c1-2-3-4-9-19-22-21(29)25-28(19)14-15-10-12-16(13-11-15)17-7-5-6-8-18(17)20-23-26-27-24-20/h5-8,10-13H,2-4,9,14H2,1H3,(H,25,29)(H,23,24,26,27). The molecule has 0 atom stereocenters. The van der Waals surface area contributed by atoms with Gasteiger partial charge in [-0.05, 0) is 33.5 Å². The molecule has 29 heavy (non-hydrogen) atoms. The monoisotopic (exact) mass is 405 g/mol. The molecule has 8 heteroatoms. The van der Waals surface area contributed by atoms with E-state index in [1.165, 1.54) is 18.4 Å². The Bertz CT molecular complexity index is 1060. The minimum atomic E-state index is 0.530. The smallest absolute Gasteiger partial charge is 0.205 e. The number of aromatic nitrogens is 7. The molecule has 1 N–H and O–H groups in total. The second-order valence-corrected chi connectivity index (χ2v) is 7.34. The van der Waals surface area contributed by atoms with Crippen molar-refractivity contribution in [1.82, 2.24) is 35.4 Å². The van der Waals surface area contributed by atoms with E-state index in [2.05, 4.69) is 80.6 Å². The number of nitrogens with zero attached hydrogens (tertiary/aromatic N) is 6. The summed E-state index contributed by atoms with van der Waals surface area (Å²) in [7, 11) is 0. The number of unbranched alkanes of at least 4 members (excludes halogenated alkanes) is 2. The molecule has 0 saturated carbocycles. The van der Waals surface area contributed by atoms with Crippen LogP contribution in [0.2, 0.25) is 0 Å². The maximum atomic E-state index is 4.48. The molecule has 4 aromatic rings. The molecular formula is C21H23N7S. The summed E-state index contributed by atoms with van der Waals surface area (Å²) in [6.07, 6.45) is 4.44. The fourth-order valence-corrected chi connectivity index (χ4v) is 3.61. The molecule has 4 rings (SSSR count). The molecule has 0 saturated heterocycles. The zero-order valence-corrected chi connectivity index (χ0v) is 17.2. The van der Waals surface area contributed by atoms with Gasteiger partial charge in [0.25, 0.3) is 0 Å². The van der Waals surface area contributed by atoms with Gasteiger partial charge in [-0.2, -0.15) is 0 Å². The first-order chi connectivity index (χ1) is 14.2. The average Bonchev–Trinajstić information content (AvgIpc) is 3.39. The molecule has 2 heterocycles. The van der Waals surface area contributed by atoms with E-state index in [1.54, 1.807) is 0 Å². The lowest BCUT2D eigenvalue weighted by atomic mass is 9.98. The van der Waals surface area contributed by atoms with E-state index in [0.717, 1.165) is 35.4 Å². The predicted molar refractivity (Wildman–Crippen MR) is 115 cm³/mol. The fourth-order valence-electron chi connectivity index (χ4n) is 3.38. The van der Waals surface area contributed by atoms with Gasteiger partial charge >= 0.3 is 0 Å². The molecule has 2 aromatic heterocycles. The third-order valence-electron chi connectivity index (χ3n) is 4.87. The molecule has 0 spiro atoms. The minimum Gasteiger partial charge on any atom is -0.245 e. The fraction of sp³-hybridized carbons (Fsp3) is 0.286. The molecule has 2 aromatic carbocycles. The zero-order valence-electron chi connectivity index (χ0n) is 16.3. The van der Waals surface area contributed by atoms with E-state index >= 15 is 0 Å². The number of aryl methyl sites for hydroxylation is 1. The molecule has 0 aliphatic heterocycles.